The molecule has 0 aliphatic rings. The van der Waals surface area contributed by atoms with Crippen molar-refractivity contribution in [3.05, 3.63) is 0 Å². The fourth-order valence-electron chi connectivity index (χ4n) is 1.05. The summed E-state index contributed by atoms with van der Waals surface area (Å²) < 4.78 is 32.6. The maximum Gasteiger partial charge on any atom is 0.339 e. The van der Waals surface area contributed by atoms with Crippen LogP contribution < -0.4 is 5.50 Å². The summed E-state index contributed by atoms with van der Waals surface area (Å²) in [6, 6.07) is 0. The summed E-state index contributed by atoms with van der Waals surface area (Å²) in [5.74, 6) is 0. The molecule has 0 aromatic rings. The van der Waals surface area contributed by atoms with E-state index in [1.165, 1.54) is 0 Å². The van der Waals surface area contributed by atoms with Crippen LogP contribution in [0.15, 0.2) is 0 Å². The van der Waals surface area contributed by atoms with Gasteiger partial charge in [0.25, 0.3) is 7.52 Å². The average molecular weight is 294 g/mol. The number of rotatable bonds is 6. The second-order valence-corrected chi connectivity index (χ2v) is 9.36. The normalized spacial score (nSPS) is 20.4. The highest BCUT2D eigenvalue weighted by atomic mass is 31.2. The SMILES string of the molecule is BP(=O)(O)CN(CP(N)(=O)O)CP(=O)(O)O. The van der Waals surface area contributed by atoms with E-state index in [4.69, 9.17) is 25.1 Å². The number of nitrogens with zero attached hydrogens (tertiary/aromatic N) is 1. The Morgan fingerprint density at radius 2 is 1.44 bits per heavy atom. The predicted molar refractivity (Wildman–Crippen MR) is 60.9 cm³/mol. The molecule has 0 aliphatic heterocycles. The molecule has 96 valence electrons. The molecular weight excluding hydrogens is 280 g/mol. The van der Waals surface area contributed by atoms with Crippen LogP contribution >= 0.6 is 22.4 Å². The molecule has 0 aromatic heterocycles. The monoisotopic (exact) mass is 294 g/mol. The molecule has 6 N–H and O–H groups in total. The first-order valence-corrected chi connectivity index (χ1v) is 9.95. The molecule has 13 heteroatoms. The Labute approximate surface area is 93.1 Å². The summed E-state index contributed by atoms with van der Waals surface area (Å²) in [7, 11) is -11.2. The second-order valence-electron chi connectivity index (χ2n) is 3.57. The third-order valence-electron chi connectivity index (χ3n) is 1.25. The Morgan fingerprint density at radius 1 is 1.00 bits per heavy atom. The molecule has 0 aromatic carbocycles. The lowest BCUT2D eigenvalue weighted by molar-refractivity contribution is 0.313. The van der Waals surface area contributed by atoms with Crippen molar-refractivity contribution in [3.8, 4) is 0 Å². The van der Waals surface area contributed by atoms with Crippen LogP contribution in [0.5, 0.6) is 0 Å². The van der Waals surface area contributed by atoms with E-state index in [9.17, 15) is 13.7 Å². The summed E-state index contributed by atoms with van der Waals surface area (Å²) >= 11 is 0. The van der Waals surface area contributed by atoms with Gasteiger partial charge < -0.3 is 24.1 Å². The minimum absolute atomic E-state index is 0.611. The zero-order chi connectivity index (χ0) is 13.2. The highest BCUT2D eigenvalue weighted by Gasteiger charge is 2.28. The van der Waals surface area contributed by atoms with E-state index in [1.807, 2.05) is 0 Å². The first-order valence-electron chi connectivity index (χ1n) is 3.95. The fraction of sp³-hybridized carbons (Fsp3) is 1.00. The van der Waals surface area contributed by atoms with Gasteiger partial charge in [-0.05, 0) is 0 Å². The van der Waals surface area contributed by atoms with Gasteiger partial charge in [0.05, 0.1) is 12.6 Å². The zero-order valence-corrected chi connectivity index (χ0v) is 11.2. The van der Waals surface area contributed by atoms with Crippen LogP contribution in [-0.2, 0) is 13.7 Å². The molecule has 0 heterocycles. The zero-order valence-electron chi connectivity index (χ0n) is 8.50. The summed E-state index contributed by atoms with van der Waals surface area (Å²) in [5, 5.41) is 0. The van der Waals surface area contributed by atoms with Crippen LogP contribution in [0, 0.1) is 0 Å². The van der Waals surface area contributed by atoms with E-state index >= 15 is 0 Å². The van der Waals surface area contributed by atoms with Crippen LogP contribution in [0.3, 0.4) is 0 Å². The molecule has 0 rings (SSSR count). The van der Waals surface area contributed by atoms with Crippen molar-refractivity contribution in [2.75, 3.05) is 18.9 Å². The van der Waals surface area contributed by atoms with Crippen molar-refractivity contribution >= 4 is 29.9 Å². The number of nitrogens with two attached hydrogens (primary N) is 1. The van der Waals surface area contributed by atoms with Gasteiger partial charge in [0.1, 0.15) is 6.29 Å². The van der Waals surface area contributed by atoms with Crippen molar-refractivity contribution in [1.82, 2.24) is 4.90 Å². The van der Waals surface area contributed by atoms with Crippen LogP contribution in [0.2, 0.25) is 0 Å². The smallest absolute Gasteiger partial charge is 0.339 e. The molecule has 0 saturated heterocycles. The predicted octanol–water partition coefficient (Wildman–Crippen LogP) is -1.70. The lowest BCUT2D eigenvalue weighted by Crippen LogP contribution is -2.28. The summed E-state index contributed by atoms with van der Waals surface area (Å²) in [6.07, 6.45) is -2.26. The molecule has 0 radical (unpaired) electrons. The van der Waals surface area contributed by atoms with Crippen molar-refractivity contribution in [2.45, 2.75) is 0 Å². The van der Waals surface area contributed by atoms with Gasteiger partial charge in [0, 0.05) is 0 Å². The Bertz CT molecular complexity index is 312. The average Bonchev–Trinajstić information content (AvgIpc) is 1.70. The molecule has 16 heavy (non-hydrogen) atoms. The second kappa shape index (κ2) is 5.44. The van der Waals surface area contributed by atoms with E-state index < -0.39 is 41.2 Å². The van der Waals surface area contributed by atoms with E-state index in [1.54, 1.807) is 0 Å². The van der Waals surface area contributed by atoms with Gasteiger partial charge >= 0.3 is 7.60 Å². The van der Waals surface area contributed by atoms with Crippen LogP contribution in [0.25, 0.3) is 0 Å². The third-order valence-corrected chi connectivity index (χ3v) is 3.75. The Morgan fingerprint density at radius 3 is 1.69 bits per heavy atom. The molecule has 0 aliphatic carbocycles. The molecule has 0 saturated carbocycles. The Balaban J connectivity index is 4.72. The standard InChI is InChI=1S/C3H14BN2O7P3/c4-14(7,8)1-6(2-15(5,9)10)3-16(11,12)13/h1-4H2,(H,7,8)(H3,5,9,10)(H2,11,12,13). The molecule has 0 amide bonds. The minimum atomic E-state index is -4.49. The highest BCUT2D eigenvalue weighted by molar-refractivity contribution is 7.82. The minimum Gasteiger partial charge on any atom is -0.351 e. The number of hydrogen-bond donors (Lipinski definition) is 5. The van der Waals surface area contributed by atoms with Gasteiger partial charge in [-0.25, -0.2) is 0 Å². The summed E-state index contributed by atoms with van der Waals surface area (Å²) in [4.78, 5) is 35.9. The lowest BCUT2D eigenvalue weighted by Gasteiger charge is -2.24. The molecule has 2 atom stereocenters. The molecular formula is C3H14BN2O7P3. The first kappa shape index (κ1) is 16.5. The van der Waals surface area contributed by atoms with Gasteiger partial charge in [0.2, 0.25) is 7.57 Å². The molecule has 2 unspecified atom stereocenters. The fourth-order valence-corrected chi connectivity index (χ4v) is 3.96. The molecule has 0 bridgehead atoms. The number of hydrogen-bond acceptors (Lipinski definition) is 4. The van der Waals surface area contributed by atoms with Gasteiger partial charge in [-0.3, -0.25) is 19.5 Å². The molecule has 0 fully saturated rings. The first-order chi connectivity index (χ1) is 6.79. The maximum absolute atomic E-state index is 11.0. The Kier molecular flexibility index (Phi) is 5.61. The largest absolute Gasteiger partial charge is 0.351 e. The van der Waals surface area contributed by atoms with Crippen LogP contribution in [-0.4, -0.2) is 50.9 Å². The Hall–Kier alpha value is 0.515. The third kappa shape index (κ3) is 11.0. The molecule has 0 spiro atoms. The quantitative estimate of drug-likeness (QED) is 0.284. The van der Waals surface area contributed by atoms with Gasteiger partial charge in [-0.15, -0.1) is 0 Å². The van der Waals surface area contributed by atoms with Crippen LogP contribution in [0.4, 0.5) is 0 Å². The van der Waals surface area contributed by atoms with Gasteiger partial charge in [-0.2, -0.15) is 0 Å². The van der Waals surface area contributed by atoms with Gasteiger partial charge in [0.15, 0.2) is 7.25 Å². The van der Waals surface area contributed by atoms with Crippen molar-refractivity contribution < 1.29 is 33.3 Å². The summed E-state index contributed by atoms with van der Waals surface area (Å²) in [5.41, 5.74) is 4.82. The van der Waals surface area contributed by atoms with E-state index in [-0.39, 0.29) is 0 Å². The lowest BCUT2D eigenvalue weighted by atomic mass is 10.8. The van der Waals surface area contributed by atoms with E-state index in [0.29, 0.717) is 4.90 Å². The maximum atomic E-state index is 11.0. The highest BCUT2D eigenvalue weighted by Crippen LogP contribution is 2.43. The summed E-state index contributed by atoms with van der Waals surface area (Å²) in [6.45, 7) is 0. The van der Waals surface area contributed by atoms with E-state index in [0.717, 1.165) is 7.57 Å². The van der Waals surface area contributed by atoms with Crippen molar-refractivity contribution in [1.29, 1.82) is 0 Å². The molecule has 9 nitrogen and oxygen atoms in total. The van der Waals surface area contributed by atoms with Crippen LogP contribution in [0.1, 0.15) is 0 Å². The van der Waals surface area contributed by atoms with Gasteiger partial charge in [-0.1, -0.05) is 0 Å². The topological polar surface area (TPSA) is 161 Å². The van der Waals surface area contributed by atoms with Crippen molar-refractivity contribution in [2.24, 2.45) is 5.50 Å². The van der Waals surface area contributed by atoms with E-state index in [2.05, 4.69) is 0 Å². The van der Waals surface area contributed by atoms with Crippen molar-refractivity contribution in [3.63, 3.8) is 0 Å².